The molecule has 0 spiro atoms. The summed E-state index contributed by atoms with van der Waals surface area (Å²) in [6, 6.07) is 7.05. The van der Waals surface area contributed by atoms with E-state index in [4.69, 9.17) is 0 Å². The fourth-order valence-corrected chi connectivity index (χ4v) is 2.63. The molecule has 5 nitrogen and oxygen atoms in total. The molecule has 1 aliphatic heterocycles. The third-order valence-electron chi connectivity index (χ3n) is 4.15. The fourth-order valence-electron chi connectivity index (χ4n) is 2.63. The first-order valence-corrected chi connectivity index (χ1v) is 7.56. The van der Waals surface area contributed by atoms with Gasteiger partial charge in [0.2, 0.25) is 5.91 Å². The van der Waals surface area contributed by atoms with Gasteiger partial charge in [-0.1, -0.05) is 18.2 Å². The maximum Gasteiger partial charge on any atom is 0.236 e. The maximum absolute atomic E-state index is 12.4. The molecule has 2 rings (SSSR count). The Labute approximate surface area is 126 Å². The predicted octanol–water partition coefficient (Wildman–Crippen LogP) is 1.21. The van der Waals surface area contributed by atoms with E-state index >= 15 is 0 Å². The molecule has 21 heavy (non-hydrogen) atoms. The van der Waals surface area contributed by atoms with Gasteiger partial charge < -0.3 is 15.3 Å². The molecule has 1 heterocycles. The summed E-state index contributed by atoms with van der Waals surface area (Å²) in [5, 5.41) is 13.2. The van der Waals surface area contributed by atoms with Crippen molar-refractivity contribution in [2.75, 3.05) is 39.8 Å². The monoisotopic (exact) mass is 291 g/mol. The molecule has 0 aromatic heterocycles. The van der Waals surface area contributed by atoms with E-state index < -0.39 is 0 Å². The van der Waals surface area contributed by atoms with E-state index in [-0.39, 0.29) is 17.7 Å². The molecule has 1 saturated heterocycles. The van der Waals surface area contributed by atoms with Gasteiger partial charge in [-0.05, 0) is 32.5 Å². The van der Waals surface area contributed by atoms with Gasteiger partial charge in [-0.15, -0.1) is 0 Å². The van der Waals surface area contributed by atoms with E-state index in [1.807, 2.05) is 19.1 Å². The van der Waals surface area contributed by atoms with Crippen molar-refractivity contribution in [2.24, 2.45) is 0 Å². The van der Waals surface area contributed by atoms with Gasteiger partial charge in [0.1, 0.15) is 5.75 Å². The zero-order valence-electron chi connectivity index (χ0n) is 12.9. The minimum absolute atomic E-state index is 0.0904. The second-order valence-electron chi connectivity index (χ2n) is 5.62. The van der Waals surface area contributed by atoms with E-state index in [0.717, 1.165) is 38.2 Å². The zero-order chi connectivity index (χ0) is 15.2. The standard InChI is InChI=1S/C16H25N3O2/c1-13(14-6-3-4-7-15(14)20)18(2)16(21)12-19-10-5-8-17-9-11-19/h3-4,6-7,13,17,20H,5,8-12H2,1-2H3. The van der Waals surface area contributed by atoms with E-state index in [1.165, 1.54) is 0 Å². The van der Waals surface area contributed by atoms with Crippen LogP contribution in [0.15, 0.2) is 24.3 Å². The first-order valence-electron chi connectivity index (χ1n) is 7.56. The lowest BCUT2D eigenvalue weighted by Gasteiger charge is -2.28. The van der Waals surface area contributed by atoms with Crippen LogP contribution in [-0.4, -0.2) is 60.6 Å². The number of amides is 1. The number of phenols is 1. The van der Waals surface area contributed by atoms with Crippen LogP contribution < -0.4 is 5.32 Å². The van der Waals surface area contributed by atoms with Crippen LogP contribution in [0.25, 0.3) is 0 Å². The SMILES string of the molecule is CC(c1ccccc1O)N(C)C(=O)CN1CCCNCC1. The molecule has 5 heteroatoms. The van der Waals surface area contributed by atoms with Gasteiger partial charge in [-0.25, -0.2) is 0 Å². The Bertz CT molecular complexity index is 470. The molecule has 0 aliphatic carbocycles. The maximum atomic E-state index is 12.4. The fraction of sp³-hybridized carbons (Fsp3) is 0.562. The predicted molar refractivity (Wildman–Crippen MR) is 83.2 cm³/mol. The van der Waals surface area contributed by atoms with Crippen LogP contribution in [0.2, 0.25) is 0 Å². The number of rotatable bonds is 4. The highest BCUT2D eigenvalue weighted by Crippen LogP contribution is 2.27. The number of para-hydroxylation sites is 1. The van der Waals surface area contributed by atoms with Crippen molar-refractivity contribution in [2.45, 2.75) is 19.4 Å². The molecule has 0 bridgehead atoms. The number of benzene rings is 1. The Kier molecular flexibility index (Phi) is 5.59. The van der Waals surface area contributed by atoms with Gasteiger partial charge in [0.05, 0.1) is 12.6 Å². The lowest BCUT2D eigenvalue weighted by atomic mass is 10.1. The molecule has 1 atom stereocenters. The number of carbonyl (C=O) groups excluding carboxylic acids is 1. The number of carbonyl (C=O) groups is 1. The number of phenolic OH excluding ortho intramolecular Hbond substituents is 1. The smallest absolute Gasteiger partial charge is 0.236 e. The minimum Gasteiger partial charge on any atom is -0.508 e. The van der Waals surface area contributed by atoms with E-state index in [9.17, 15) is 9.90 Å². The number of aromatic hydroxyl groups is 1. The molecule has 1 fully saturated rings. The largest absolute Gasteiger partial charge is 0.508 e. The van der Waals surface area contributed by atoms with Crippen molar-refractivity contribution in [1.82, 2.24) is 15.1 Å². The zero-order valence-corrected chi connectivity index (χ0v) is 12.9. The molecule has 2 N–H and O–H groups in total. The van der Waals surface area contributed by atoms with Gasteiger partial charge in [-0.2, -0.15) is 0 Å². The lowest BCUT2D eigenvalue weighted by Crippen LogP contribution is -2.40. The summed E-state index contributed by atoms with van der Waals surface area (Å²) < 4.78 is 0. The number of hydrogen-bond acceptors (Lipinski definition) is 4. The first kappa shape index (κ1) is 15.8. The van der Waals surface area contributed by atoms with Crippen molar-refractivity contribution in [3.63, 3.8) is 0 Å². The summed E-state index contributed by atoms with van der Waals surface area (Å²) in [6.45, 7) is 6.20. The van der Waals surface area contributed by atoms with Gasteiger partial charge in [0.25, 0.3) is 0 Å². The van der Waals surface area contributed by atoms with Gasteiger partial charge in [0.15, 0.2) is 0 Å². The highest BCUT2D eigenvalue weighted by atomic mass is 16.3. The van der Waals surface area contributed by atoms with Crippen LogP contribution in [0, 0.1) is 0 Å². The first-order chi connectivity index (χ1) is 10.1. The average molecular weight is 291 g/mol. The molecule has 1 unspecified atom stereocenters. The second-order valence-corrected chi connectivity index (χ2v) is 5.62. The lowest BCUT2D eigenvalue weighted by molar-refractivity contribution is -0.133. The third kappa shape index (κ3) is 4.19. The van der Waals surface area contributed by atoms with E-state index in [2.05, 4.69) is 10.2 Å². The molecule has 1 aliphatic rings. The Balaban J connectivity index is 1.96. The number of hydrogen-bond donors (Lipinski definition) is 2. The van der Waals surface area contributed by atoms with Crippen molar-refractivity contribution in [1.29, 1.82) is 0 Å². The number of nitrogens with zero attached hydrogens (tertiary/aromatic N) is 2. The van der Waals surface area contributed by atoms with Crippen molar-refractivity contribution >= 4 is 5.91 Å². The summed E-state index contributed by atoms with van der Waals surface area (Å²) in [7, 11) is 1.80. The van der Waals surface area contributed by atoms with Gasteiger partial charge in [0, 0.05) is 25.7 Å². The summed E-state index contributed by atoms with van der Waals surface area (Å²) in [5.41, 5.74) is 0.783. The topological polar surface area (TPSA) is 55.8 Å². The van der Waals surface area contributed by atoms with Crippen LogP contribution >= 0.6 is 0 Å². The van der Waals surface area contributed by atoms with Crippen LogP contribution in [0.3, 0.4) is 0 Å². The molecular formula is C16H25N3O2. The van der Waals surface area contributed by atoms with Gasteiger partial charge >= 0.3 is 0 Å². The van der Waals surface area contributed by atoms with Crippen LogP contribution in [0.4, 0.5) is 0 Å². The molecule has 0 saturated carbocycles. The van der Waals surface area contributed by atoms with Crippen molar-refractivity contribution in [3.05, 3.63) is 29.8 Å². The minimum atomic E-state index is -0.135. The molecule has 0 radical (unpaired) electrons. The molecular weight excluding hydrogens is 266 g/mol. The normalized spacial score (nSPS) is 18.0. The van der Waals surface area contributed by atoms with Crippen molar-refractivity contribution < 1.29 is 9.90 Å². The molecule has 1 aromatic carbocycles. The highest BCUT2D eigenvalue weighted by molar-refractivity contribution is 5.78. The van der Waals surface area contributed by atoms with Crippen molar-refractivity contribution in [3.8, 4) is 5.75 Å². The molecule has 1 aromatic rings. The van der Waals surface area contributed by atoms with Crippen LogP contribution in [-0.2, 0) is 4.79 Å². The Morgan fingerprint density at radius 3 is 2.90 bits per heavy atom. The van der Waals surface area contributed by atoms with E-state index in [1.54, 1.807) is 24.1 Å². The molecule has 116 valence electrons. The average Bonchev–Trinajstić information content (AvgIpc) is 2.75. The molecule has 1 amide bonds. The second kappa shape index (κ2) is 7.43. The number of likely N-dealkylation sites (N-methyl/N-ethyl adjacent to an activating group) is 1. The van der Waals surface area contributed by atoms with Crippen LogP contribution in [0.5, 0.6) is 5.75 Å². The summed E-state index contributed by atoms with van der Waals surface area (Å²) in [5.74, 6) is 0.330. The Hall–Kier alpha value is -1.59. The Morgan fingerprint density at radius 1 is 1.38 bits per heavy atom. The Morgan fingerprint density at radius 2 is 2.14 bits per heavy atom. The van der Waals surface area contributed by atoms with Crippen LogP contribution in [0.1, 0.15) is 24.9 Å². The summed E-state index contributed by atoms with van der Waals surface area (Å²) in [4.78, 5) is 16.3. The highest BCUT2D eigenvalue weighted by Gasteiger charge is 2.21. The summed E-state index contributed by atoms with van der Waals surface area (Å²) >= 11 is 0. The van der Waals surface area contributed by atoms with E-state index in [0.29, 0.717) is 6.54 Å². The third-order valence-corrected chi connectivity index (χ3v) is 4.15. The van der Waals surface area contributed by atoms with Gasteiger partial charge in [-0.3, -0.25) is 9.69 Å². The summed E-state index contributed by atoms with van der Waals surface area (Å²) in [6.07, 6.45) is 1.08. The number of nitrogens with one attached hydrogen (secondary N) is 1. The quantitative estimate of drug-likeness (QED) is 0.875.